The Morgan fingerprint density at radius 2 is 1.83 bits per heavy atom. The number of hydrogen-bond donors (Lipinski definition) is 0. The van der Waals surface area contributed by atoms with E-state index in [9.17, 15) is 13.2 Å². The van der Waals surface area contributed by atoms with Crippen LogP contribution in [-0.4, -0.2) is 37.9 Å². The highest BCUT2D eigenvalue weighted by Gasteiger charge is 2.44. The largest absolute Gasteiger partial charge is 0.491 e. The predicted octanol–water partition coefficient (Wildman–Crippen LogP) is 3.37. The molecule has 0 aromatic heterocycles. The first-order valence-corrected chi connectivity index (χ1v) is 9.89. The fraction of sp³-hybridized carbons (Fsp3) is 0.588. The van der Waals surface area contributed by atoms with Crippen LogP contribution in [0.4, 0.5) is 10.5 Å². The van der Waals surface area contributed by atoms with E-state index < -0.39 is 16.1 Å². The molecule has 3 rings (SSSR count). The minimum atomic E-state index is -3.82. The van der Waals surface area contributed by atoms with Crippen LogP contribution in [0.15, 0.2) is 23.1 Å². The molecule has 0 unspecified atom stereocenters. The maximum Gasteiger partial charge on any atom is 0.338 e. The zero-order valence-corrected chi connectivity index (χ0v) is 15.2. The van der Waals surface area contributed by atoms with E-state index in [-0.39, 0.29) is 17.0 Å². The molecule has 132 valence electrons. The van der Waals surface area contributed by atoms with Crippen LogP contribution in [0.25, 0.3) is 0 Å². The van der Waals surface area contributed by atoms with Gasteiger partial charge in [-0.05, 0) is 38.8 Å². The standard InChI is InChI=1S/C17H24N2O4S/c1-12(2)23-14-9-10-16-15(11-14)18(3)17(20)19(24(16,21)22)13-7-5-4-6-8-13/h9-13H,4-8H2,1-3H3. The molecule has 0 atom stereocenters. The van der Waals surface area contributed by atoms with Gasteiger partial charge in [-0.1, -0.05) is 19.3 Å². The van der Waals surface area contributed by atoms with Crippen LogP contribution < -0.4 is 9.64 Å². The van der Waals surface area contributed by atoms with Gasteiger partial charge in [-0.3, -0.25) is 4.90 Å². The van der Waals surface area contributed by atoms with Crippen LogP contribution >= 0.6 is 0 Å². The van der Waals surface area contributed by atoms with E-state index in [4.69, 9.17) is 4.74 Å². The Kier molecular flexibility index (Phi) is 4.46. The number of fused-ring (bicyclic) bond motifs is 1. The molecule has 0 saturated heterocycles. The first kappa shape index (κ1) is 17.1. The molecule has 6 nitrogen and oxygen atoms in total. The van der Waals surface area contributed by atoms with Gasteiger partial charge in [0.1, 0.15) is 10.6 Å². The summed E-state index contributed by atoms with van der Waals surface area (Å²) in [6, 6.07) is 4.11. The van der Waals surface area contributed by atoms with E-state index in [1.807, 2.05) is 13.8 Å². The van der Waals surface area contributed by atoms with Gasteiger partial charge in [0.25, 0.3) is 10.0 Å². The molecule has 0 bridgehead atoms. The highest BCUT2D eigenvalue weighted by Crippen LogP contribution is 2.39. The number of nitrogens with zero attached hydrogens (tertiary/aromatic N) is 2. The zero-order chi connectivity index (χ0) is 17.5. The molecule has 2 amide bonds. The van der Waals surface area contributed by atoms with Crippen LogP contribution in [0.2, 0.25) is 0 Å². The minimum absolute atomic E-state index is 0.0250. The SMILES string of the molecule is CC(C)Oc1ccc2c(c1)N(C)C(=O)N(C1CCCCC1)S2(=O)=O. The number of amides is 2. The Balaban J connectivity index is 2.04. The summed E-state index contributed by atoms with van der Waals surface area (Å²) < 4.78 is 32.8. The maximum atomic E-state index is 13.0. The maximum absolute atomic E-state index is 13.0. The zero-order valence-electron chi connectivity index (χ0n) is 14.4. The summed E-state index contributed by atoms with van der Waals surface area (Å²) in [6.45, 7) is 3.80. The Morgan fingerprint density at radius 1 is 1.17 bits per heavy atom. The number of ether oxygens (including phenoxy) is 1. The Bertz CT molecular complexity index is 739. The average Bonchev–Trinajstić information content (AvgIpc) is 2.53. The molecule has 7 heteroatoms. The van der Waals surface area contributed by atoms with Crippen LogP contribution in [0.3, 0.4) is 0 Å². The third-order valence-corrected chi connectivity index (χ3v) is 6.46. The van der Waals surface area contributed by atoms with Gasteiger partial charge < -0.3 is 4.74 Å². The van der Waals surface area contributed by atoms with Crippen molar-refractivity contribution in [3.05, 3.63) is 18.2 Å². The Labute approximate surface area is 143 Å². The fourth-order valence-electron chi connectivity index (χ4n) is 3.45. The summed E-state index contributed by atoms with van der Waals surface area (Å²) in [4.78, 5) is 14.4. The van der Waals surface area contributed by atoms with Crippen molar-refractivity contribution < 1.29 is 17.9 Å². The molecule has 1 aliphatic heterocycles. The Hall–Kier alpha value is -1.76. The lowest BCUT2D eigenvalue weighted by atomic mass is 9.95. The summed E-state index contributed by atoms with van der Waals surface area (Å²) in [5.41, 5.74) is 0.380. The second-order valence-corrected chi connectivity index (χ2v) is 8.51. The highest BCUT2D eigenvalue weighted by molar-refractivity contribution is 7.90. The minimum Gasteiger partial charge on any atom is -0.491 e. The van der Waals surface area contributed by atoms with Gasteiger partial charge in [-0.15, -0.1) is 0 Å². The summed E-state index contributed by atoms with van der Waals surface area (Å²) in [7, 11) is -2.21. The van der Waals surface area contributed by atoms with Crippen molar-refractivity contribution in [3.63, 3.8) is 0 Å². The first-order valence-electron chi connectivity index (χ1n) is 8.45. The number of urea groups is 1. The molecule has 0 radical (unpaired) electrons. The summed E-state index contributed by atoms with van der Waals surface area (Å²) in [5.74, 6) is 0.560. The van der Waals surface area contributed by atoms with Gasteiger partial charge in [0.2, 0.25) is 0 Å². The lowest BCUT2D eigenvalue weighted by Gasteiger charge is -2.40. The number of hydrogen-bond acceptors (Lipinski definition) is 4. The van der Waals surface area contributed by atoms with E-state index in [0.29, 0.717) is 11.4 Å². The quantitative estimate of drug-likeness (QED) is 0.836. The monoisotopic (exact) mass is 352 g/mol. The molecule has 1 heterocycles. The van der Waals surface area contributed by atoms with Gasteiger partial charge in [-0.2, -0.15) is 0 Å². The predicted molar refractivity (Wildman–Crippen MR) is 91.9 cm³/mol. The van der Waals surface area contributed by atoms with E-state index in [2.05, 4.69) is 0 Å². The van der Waals surface area contributed by atoms with Gasteiger partial charge in [0.15, 0.2) is 0 Å². The molecule has 24 heavy (non-hydrogen) atoms. The number of sulfonamides is 1. The van der Waals surface area contributed by atoms with E-state index in [0.717, 1.165) is 36.4 Å². The topological polar surface area (TPSA) is 66.9 Å². The number of carbonyl (C=O) groups excluding carboxylic acids is 1. The normalized spacial score (nSPS) is 21.1. The summed E-state index contributed by atoms with van der Waals surface area (Å²) in [5, 5.41) is 0. The average molecular weight is 352 g/mol. The van der Waals surface area contributed by atoms with Gasteiger partial charge in [0, 0.05) is 13.1 Å². The van der Waals surface area contributed by atoms with E-state index in [1.54, 1.807) is 25.2 Å². The highest BCUT2D eigenvalue weighted by atomic mass is 32.2. The van der Waals surface area contributed by atoms with Crippen LogP contribution in [-0.2, 0) is 10.0 Å². The smallest absolute Gasteiger partial charge is 0.338 e. The fourth-order valence-corrected chi connectivity index (χ4v) is 5.29. The van der Waals surface area contributed by atoms with Crippen LogP contribution in [0, 0.1) is 0 Å². The molecular weight excluding hydrogens is 328 g/mol. The molecule has 1 saturated carbocycles. The molecule has 0 N–H and O–H groups in total. The van der Waals surface area contributed by atoms with Crippen molar-refractivity contribution in [2.75, 3.05) is 11.9 Å². The first-order chi connectivity index (χ1) is 11.3. The van der Waals surface area contributed by atoms with Crippen LogP contribution in [0.1, 0.15) is 46.0 Å². The summed E-state index contributed by atoms with van der Waals surface area (Å²) in [6.07, 6.45) is 4.47. The third kappa shape index (κ3) is 2.85. The molecule has 1 fully saturated rings. The van der Waals surface area contributed by atoms with Crippen molar-refractivity contribution >= 4 is 21.7 Å². The number of anilines is 1. The molecule has 0 spiro atoms. The Morgan fingerprint density at radius 3 is 2.46 bits per heavy atom. The number of carbonyl (C=O) groups is 1. The molecule has 2 aliphatic rings. The van der Waals surface area contributed by atoms with E-state index in [1.165, 1.54) is 4.90 Å². The molecule has 1 aromatic carbocycles. The number of rotatable bonds is 3. The van der Waals surface area contributed by atoms with Crippen molar-refractivity contribution in [3.8, 4) is 5.75 Å². The van der Waals surface area contributed by atoms with Gasteiger partial charge >= 0.3 is 6.03 Å². The summed E-state index contributed by atoms with van der Waals surface area (Å²) >= 11 is 0. The second-order valence-electron chi connectivity index (χ2n) is 6.73. The van der Waals surface area contributed by atoms with Crippen LogP contribution in [0.5, 0.6) is 5.75 Å². The lowest BCUT2D eigenvalue weighted by Crippen LogP contribution is -2.54. The van der Waals surface area contributed by atoms with Crippen molar-refractivity contribution in [2.45, 2.75) is 63.0 Å². The van der Waals surface area contributed by atoms with Crippen molar-refractivity contribution in [1.29, 1.82) is 0 Å². The van der Waals surface area contributed by atoms with E-state index >= 15 is 0 Å². The third-order valence-electron chi connectivity index (χ3n) is 4.58. The molecular formula is C17H24N2O4S. The van der Waals surface area contributed by atoms with Gasteiger partial charge in [0.05, 0.1) is 17.8 Å². The van der Waals surface area contributed by atoms with Crippen molar-refractivity contribution in [1.82, 2.24) is 4.31 Å². The van der Waals surface area contributed by atoms with Gasteiger partial charge in [-0.25, -0.2) is 17.5 Å². The van der Waals surface area contributed by atoms with Crippen molar-refractivity contribution in [2.24, 2.45) is 0 Å². The molecule has 1 aromatic rings. The lowest BCUT2D eigenvalue weighted by molar-refractivity contribution is 0.205. The molecule has 1 aliphatic carbocycles. The number of benzene rings is 1. The second kappa shape index (κ2) is 6.27.